The largest absolute Gasteiger partial charge is 0.484 e. The van der Waals surface area contributed by atoms with Crippen molar-refractivity contribution in [1.29, 1.82) is 0 Å². The summed E-state index contributed by atoms with van der Waals surface area (Å²) in [6.45, 7) is 4.28. The van der Waals surface area contributed by atoms with Gasteiger partial charge in [0.15, 0.2) is 6.61 Å². The average molecular weight is 421 g/mol. The molecule has 0 saturated heterocycles. The second-order valence-corrected chi connectivity index (χ2v) is 7.15. The molecule has 0 aliphatic heterocycles. The molecule has 0 bridgehead atoms. The van der Waals surface area contributed by atoms with Crippen LogP contribution < -0.4 is 10.1 Å². The van der Waals surface area contributed by atoms with E-state index in [2.05, 4.69) is 5.32 Å². The van der Waals surface area contributed by atoms with Gasteiger partial charge in [-0.05, 0) is 55.3 Å². The van der Waals surface area contributed by atoms with E-state index >= 15 is 0 Å². The second-order valence-electron chi connectivity index (χ2n) is 6.71. The van der Waals surface area contributed by atoms with Crippen LogP contribution in [0.5, 0.6) is 5.75 Å². The van der Waals surface area contributed by atoms with Crippen LogP contribution >= 0.6 is 11.6 Å². The quantitative estimate of drug-likeness (QED) is 0.586. The summed E-state index contributed by atoms with van der Waals surface area (Å²) in [4.78, 5) is 26.8. The zero-order chi connectivity index (χ0) is 21.2. The first-order valence-electron chi connectivity index (χ1n) is 9.60. The molecule has 5 nitrogen and oxygen atoms in total. The Bertz CT molecular complexity index is 797. The highest BCUT2D eigenvalue weighted by atomic mass is 35.5. The number of halogens is 2. The molecule has 2 aromatic rings. The third-order valence-corrected chi connectivity index (χ3v) is 4.69. The molecule has 0 unspecified atom stereocenters. The maximum atomic E-state index is 13.0. The molecule has 0 fully saturated rings. The third kappa shape index (κ3) is 7.38. The van der Waals surface area contributed by atoms with E-state index < -0.39 is 6.04 Å². The van der Waals surface area contributed by atoms with E-state index in [1.807, 2.05) is 19.1 Å². The predicted octanol–water partition coefficient (Wildman–Crippen LogP) is 4.19. The van der Waals surface area contributed by atoms with Gasteiger partial charge in [0.1, 0.15) is 17.6 Å². The normalized spacial score (nSPS) is 11.6. The molecule has 0 saturated carbocycles. The van der Waals surface area contributed by atoms with Gasteiger partial charge in [0.25, 0.3) is 5.91 Å². The van der Waals surface area contributed by atoms with Crippen molar-refractivity contribution in [3.63, 3.8) is 0 Å². The van der Waals surface area contributed by atoms with E-state index in [4.69, 9.17) is 16.3 Å². The first kappa shape index (κ1) is 22.7. The van der Waals surface area contributed by atoms with Gasteiger partial charge in [0, 0.05) is 18.1 Å². The summed E-state index contributed by atoms with van der Waals surface area (Å²) < 4.78 is 18.5. The Morgan fingerprint density at radius 1 is 1.14 bits per heavy atom. The maximum Gasteiger partial charge on any atom is 0.261 e. The minimum absolute atomic E-state index is 0.220. The van der Waals surface area contributed by atoms with Crippen LogP contribution in [0.3, 0.4) is 0 Å². The Morgan fingerprint density at radius 3 is 2.41 bits per heavy atom. The van der Waals surface area contributed by atoms with Crippen molar-refractivity contribution in [3.8, 4) is 5.75 Å². The summed E-state index contributed by atoms with van der Waals surface area (Å²) in [5.74, 6) is -0.568. The molecule has 1 N–H and O–H groups in total. The van der Waals surface area contributed by atoms with Gasteiger partial charge in [-0.25, -0.2) is 4.39 Å². The monoisotopic (exact) mass is 420 g/mol. The van der Waals surface area contributed by atoms with Gasteiger partial charge in [-0.1, -0.05) is 37.1 Å². The molecule has 2 amide bonds. The van der Waals surface area contributed by atoms with Crippen LogP contribution in [0.25, 0.3) is 0 Å². The fraction of sp³-hybridized carbons (Fsp3) is 0.364. The summed E-state index contributed by atoms with van der Waals surface area (Å²) in [5.41, 5.74) is 0.845. The summed E-state index contributed by atoms with van der Waals surface area (Å²) >= 11 is 5.93. The number of amides is 2. The van der Waals surface area contributed by atoms with E-state index in [1.165, 1.54) is 29.2 Å². The molecule has 0 aliphatic carbocycles. The maximum absolute atomic E-state index is 13.0. The lowest BCUT2D eigenvalue weighted by atomic mass is 10.1. The minimum atomic E-state index is -0.674. The third-order valence-electron chi connectivity index (χ3n) is 4.44. The van der Waals surface area contributed by atoms with E-state index in [-0.39, 0.29) is 30.8 Å². The molecule has 0 heterocycles. The van der Waals surface area contributed by atoms with E-state index in [0.29, 0.717) is 17.3 Å². The van der Waals surface area contributed by atoms with Crippen molar-refractivity contribution in [2.45, 2.75) is 39.3 Å². The lowest BCUT2D eigenvalue weighted by Crippen LogP contribution is -2.49. The van der Waals surface area contributed by atoms with Crippen LogP contribution in [-0.4, -0.2) is 35.9 Å². The number of benzene rings is 2. The first-order chi connectivity index (χ1) is 13.9. The Labute approximate surface area is 175 Å². The molecule has 29 heavy (non-hydrogen) atoms. The SMILES string of the molecule is CCCCNC(=O)[C@H](C)N(Cc1ccc(Cl)cc1)C(=O)COc1ccc(F)cc1. The molecule has 0 aromatic heterocycles. The highest BCUT2D eigenvalue weighted by molar-refractivity contribution is 6.30. The zero-order valence-corrected chi connectivity index (χ0v) is 17.4. The number of hydrogen-bond donors (Lipinski definition) is 1. The van der Waals surface area contributed by atoms with Crippen LogP contribution in [0.4, 0.5) is 4.39 Å². The molecular formula is C22H26ClFN2O3. The van der Waals surface area contributed by atoms with Crippen molar-refractivity contribution < 1.29 is 18.7 Å². The molecule has 0 radical (unpaired) electrons. The van der Waals surface area contributed by atoms with Crippen molar-refractivity contribution in [2.75, 3.05) is 13.2 Å². The van der Waals surface area contributed by atoms with E-state index in [9.17, 15) is 14.0 Å². The van der Waals surface area contributed by atoms with Gasteiger partial charge in [0.05, 0.1) is 0 Å². The number of rotatable bonds is 10. The second kappa shape index (κ2) is 11.4. The Morgan fingerprint density at radius 2 is 1.79 bits per heavy atom. The minimum Gasteiger partial charge on any atom is -0.484 e. The summed E-state index contributed by atoms with van der Waals surface area (Å²) in [6, 6.07) is 11.8. The number of nitrogens with zero attached hydrogens (tertiary/aromatic N) is 1. The fourth-order valence-corrected chi connectivity index (χ4v) is 2.79. The number of hydrogen-bond acceptors (Lipinski definition) is 3. The lowest BCUT2D eigenvalue weighted by Gasteiger charge is -2.28. The topological polar surface area (TPSA) is 58.6 Å². The predicted molar refractivity (Wildman–Crippen MR) is 111 cm³/mol. The molecule has 7 heteroatoms. The average Bonchev–Trinajstić information content (AvgIpc) is 2.72. The highest BCUT2D eigenvalue weighted by Crippen LogP contribution is 2.15. The Kier molecular flexibility index (Phi) is 8.93. The number of ether oxygens (including phenoxy) is 1. The van der Waals surface area contributed by atoms with Crippen LogP contribution in [0.2, 0.25) is 5.02 Å². The van der Waals surface area contributed by atoms with Gasteiger partial charge in [-0.2, -0.15) is 0 Å². The highest BCUT2D eigenvalue weighted by Gasteiger charge is 2.26. The number of carbonyl (C=O) groups excluding carboxylic acids is 2. The van der Waals surface area contributed by atoms with Gasteiger partial charge >= 0.3 is 0 Å². The van der Waals surface area contributed by atoms with Crippen LogP contribution in [0, 0.1) is 5.82 Å². The molecule has 0 spiro atoms. The van der Waals surface area contributed by atoms with Crippen molar-refractivity contribution >= 4 is 23.4 Å². The molecule has 0 aliphatic rings. The van der Waals surface area contributed by atoms with Crippen molar-refractivity contribution in [1.82, 2.24) is 10.2 Å². The molecular weight excluding hydrogens is 395 g/mol. The van der Waals surface area contributed by atoms with Crippen LogP contribution in [0.1, 0.15) is 32.3 Å². The molecule has 2 aromatic carbocycles. The van der Waals surface area contributed by atoms with Crippen molar-refractivity contribution in [3.05, 3.63) is 64.9 Å². The Hall–Kier alpha value is -2.60. The Balaban J connectivity index is 2.08. The fourth-order valence-electron chi connectivity index (χ4n) is 2.66. The smallest absolute Gasteiger partial charge is 0.261 e. The molecule has 1 atom stereocenters. The lowest BCUT2D eigenvalue weighted by molar-refractivity contribution is -0.142. The summed E-state index contributed by atoms with van der Waals surface area (Å²) in [7, 11) is 0. The van der Waals surface area contributed by atoms with Crippen LogP contribution in [0.15, 0.2) is 48.5 Å². The van der Waals surface area contributed by atoms with E-state index in [1.54, 1.807) is 19.1 Å². The molecule has 156 valence electrons. The number of nitrogens with one attached hydrogen (secondary N) is 1. The number of unbranched alkanes of at least 4 members (excludes halogenated alkanes) is 1. The zero-order valence-electron chi connectivity index (χ0n) is 16.7. The summed E-state index contributed by atoms with van der Waals surface area (Å²) in [6.07, 6.45) is 1.84. The van der Waals surface area contributed by atoms with E-state index in [0.717, 1.165) is 18.4 Å². The molecule has 2 rings (SSSR count). The van der Waals surface area contributed by atoms with Gasteiger partial charge in [-0.15, -0.1) is 0 Å². The van der Waals surface area contributed by atoms with Gasteiger partial charge in [-0.3, -0.25) is 9.59 Å². The number of carbonyl (C=O) groups is 2. The van der Waals surface area contributed by atoms with Gasteiger partial charge < -0.3 is 15.0 Å². The van der Waals surface area contributed by atoms with Crippen LogP contribution in [-0.2, 0) is 16.1 Å². The van der Waals surface area contributed by atoms with Crippen molar-refractivity contribution in [2.24, 2.45) is 0 Å². The van der Waals surface area contributed by atoms with Gasteiger partial charge in [0.2, 0.25) is 5.91 Å². The standard InChI is InChI=1S/C22H26ClFN2O3/c1-3-4-13-25-22(28)16(2)26(14-17-5-7-18(23)8-6-17)21(27)15-29-20-11-9-19(24)10-12-20/h5-12,16H,3-4,13-15H2,1-2H3,(H,25,28)/t16-/m0/s1. The first-order valence-corrected chi connectivity index (χ1v) is 9.98. The summed E-state index contributed by atoms with van der Waals surface area (Å²) in [5, 5.41) is 3.45.